The highest BCUT2D eigenvalue weighted by molar-refractivity contribution is 5.77. The number of nitrogens with zero attached hydrogens (tertiary/aromatic N) is 1. The van der Waals surface area contributed by atoms with E-state index in [9.17, 15) is 4.79 Å². The van der Waals surface area contributed by atoms with Crippen molar-refractivity contribution in [2.24, 2.45) is 0 Å². The summed E-state index contributed by atoms with van der Waals surface area (Å²) in [7, 11) is 1.75. The molecular formula is C20H23NO4. The Hall–Kier alpha value is -2.69. The lowest BCUT2D eigenvalue weighted by molar-refractivity contribution is -0.133. The summed E-state index contributed by atoms with van der Waals surface area (Å²) in [5.74, 6) is 2.06. The zero-order valence-electron chi connectivity index (χ0n) is 14.8. The molecule has 0 saturated carbocycles. The molecule has 0 aromatic heterocycles. The summed E-state index contributed by atoms with van der Waals surface area (Å²) in [5, 5.41) is 0. The summed E-state index contributed by atoms with van der Waals surface area (Å²) in [5.41, 5.74) is 2.34. The quantitative estimate of drug-likeness (QED) is 0.839. The predicted octanol–water partition coefficient (Wildman–Crippen LogP) is 2.98. The molecule has 25 heavy (non-hydrogen) atoms. The Bertz CT molecular complexity index is 759. The number of hydrogen-bond donors (Lipinski definition) is 0. The zero-order valence-corrected chi connectivity index (χ0v) is 14.8. The van der Waals surface area contributed by atoms with E-state index in [-0.39, 0.29) is 18.6 Å². The monoisotopic (exact) mass is 341 g/mol. The molecule has 2 aromatic rings. The maximum atomic E-state index is 12.3. The van der Waals surface area contributed by atoms with Crippen LogP contribution in [0.5, 0.6) is 17.2 Å². The van der Waals surface area contributed by atoms with Gasteiger partial charge in [-0.1, -0.05) is 18.2 Å². The first-order chi connectivity index (χ1) is 12.0. The number of amides is 1. The highest BCUT2D eigenvalue weighted by Crippen LogP contribution is 2.30. The third-order valence-corrected chi connectivity index (χ3v) is 4.31. The Morgan fingerprint density at radius 1 is 1.16 bits per heavy atom. The van der Waals surface area contributed by atoms with Crippen LogP contribution in [0.3, 0.4) is 0 Å². The summed E-state index contributed by atoms with van der Waals surface area (Å²) in [6.07, 6.45) is -0.189. The van der Waals surface area contributed by atoms with Crippen molar-refractivity contribution in [3.63, 3.8) is 0 Å². The maximum Gasteiger partial charge on any atom is 0.260 e. The van der Waals surface area contributed by atoms with Gasteiger partial charge in [0, 0.05) is 7.05 Å². The molecule has 1 aliphatic heterocycles. The van der Waals surface area contributed by atoms with Gasteiger partial charge in [0.05, 0.1) is 6.54 Å². The zero-order chi connectivity index (χ0) is 17.8. The summed E-state index contributed by atoms with van der Waals surface area (Å²) < 4.78 is 17.2. The fourth-order valence-electron chi connectivity index (χ4n) is 2.62. The van der Waals surface area contributed by atoms with Crippen molar-refractivity contribution in [2.75, 3.05) is 26.8 Å². The van der Waals surface area contributed by atoms with E-state index in [4.69, 9.17) is 14.2 Å². The number of hydrogen-bond acceptors (Lipinski definition) is 4. The number of para-hydroxylation sites is 2. The van der Waals surface area contributed by atoms with E-state index in [0.29, 0.717) is 24.7 Å². The fraction of sp³-hybridized carbons (Fsp3) is 0.350. The van der Waals surface area contributed by atoms with Gasteiger partial charge >= 0.3 is 0 Å². The molecule has 1 amide bonds. The first kappa shape index (κ1) is 17.1. The lowest BCUT2D eigenvalue weighted by Gasteiger charge is -2.29. The minimum absolute atomic E-state index is 0.00314. The largest absolute Gasteiger partial charge is 0.486 e. The minimum atomic E-state index is -0.189. The molecule has 5 nitrogen and oxygen atoms in total. The van der Waals surface area contributed by atoms with E-state index >= 15 is 0 Å². The molecule has 1 unspecified atom stereocenters. The Morgan fingerprint density at radius 3 is 2.68 bits per heavy atom. The summed E-state index contributed by atoms with van der Waals surface area (Å²) >= 11 is 0. The van der Waals surface area contributed by atoms with Crippen molar-refractivity contribution >= 4 is 5.91 Å². The van der Waals surface area contributed by atoms with Crippen LogP contribution >= 0.6 is 0 Å². The normalized spacial score (nSPS) is 15.6. The Labute approximate surface area is 148 Å². The standard InChI is InChI=1S/C20H23NO4/c1-14-8-9-16(10-15(14)2)23-13-20(22)21(3)11-17-12-24-18-6-4-5-7-19(18)25-17/h4-10,17H,11-13H2,1-3H3. The summed E-state index contributed by atoms with van der Waals surface area (Å²) in [6.45, 7) is 4.94. The molecule has 1 atom stereocenters. The minimum Gasteiger partial charge on any atom is -0.486 e. The second-order valence-corrected chi connectivity index (χ2v) is 6.31. The number of aryl methyl sites for hydroxylation is 2. The second kappa shape index (κ2) is 7.47. The van der Waals surface area contributed by atoms with Gasteiger partial charge < -0.3 is 19.1 Å². The van der Waals surface area contributed by atoms with Crippen molar-refractivity contribution in [3.05, 3.63) is 53.6 Å². The average molecular weight is 341 g/mol. The van der Waals surface area contributed by atoms with Crippen molar-refractivity contribution in [1.82, 2.24) is 4.90 Å². The summed E-state index contributed by atoms with van der Waals surface area (Å²) in [4.78, 5) is 13.9. The number of ether oxygens (including phenoxy) is 3. The highest BCUT2D eigenvalue weighted by atomic mass is 16.6. The smallest absolute Gasteiger partial charge is 0.260 e. The average Bonchev–Trinajstić information content (AvgIpc) is 2.62. The van der Waals surface area contributed by atoms with Crippen molar-refractivity contribution in [3.8, 4) is 17.2 Å². The SMILES string of the molecule is Cc1ccc(OCC(=O)N(C)CC2COc3ccccc3O2)cc1C. The lowest BCUT2D eigenvalue weighted by atomic mass is 10.1. The highest BCUT2D eigenvalue weighted by Gasteiger charge is 2.23. The van der Waals surface area contributed by atoms with Gasteiger partial charge in [0.2, 0.25) is 0 Å². The Morgan fingerprint density at radius 2 is 1.92 bits per heavy atom. The summed E-state index contributed by atoms with van der Waals surface area (Å²) in [6, 6.07) is 13.4. The molecule has 1 aliphatic rings. The number of likely N-dealkylation sites (N-methyl/N-ethyl adjacent to an activating group) is 1. The molecule has 0 fully saturated rings. The molecule has 0 saturated heterocycles. The third-order valence-electron chi connectivity index (χ3n) is 4.31. The molecule has 0 N–H and O–H groups in total. The van der Waals surface area contributed by atoms with Gasteiger partial charge in [-0.2, -0.15) is 0 Å². The van der Waals surface area contributed by atoms with Crippen LogP contribution in [0.4, 0.5) is 0 Å². The second-order valence-electron chi connectivity index (χ2n) is 6.31. The first-order valence-corrected chi connectivity index (χ1v) is 8.35. The van der Waals surface area contributed by atoms with Crippen LogP contribution in [0.15, 0.2) is 42.5 Å². The van der Waals surface area contributed by atoms with Gasteiger partial charge in [-0.15, -0.1) is 0 Å². The molecule has 0 aliphatic carbocycles. The van der Waals surface area contributed by atoms with Crippen molar-refractivity contribution in [2.45, 2.75) is 20.0 Å². The Balaban J connectivity index is 1.50. The molecular weight excluding hydrogens is 318 g/mol. The molecule has 2 aromatic carbocycles. The van der Waals surface area contributed by atoms with Crippen molar-refractivity contribution in [1.29, 1.82) is 0 Å². The van der Waals surface area contributed by atoms with E-state index in [0.717, 1.165) is 11.3 Å². The van der Waals surface area contributed by atoms with Gasteiger partial charge in [0.1, 0.15) is 12.4 Å². The fourth-order valence-corrected chi connectivity index (χ4v) is 2.62. The maximum absolute atomic E-state index is 12.3. The van der Waals surface area contributed by atoms with Gasteiger partial charge in [0.15, 0.2) is 24.2 Å². The van der Waals surface area contributed by atoms with Crippen LogP contribution in [0.1, 0.15) is 11.1 Å². The number of fused-ring (bicyclic) bond motifs is 1. The van der Waals surface area contributed by atoms with Crippen LogP contribution in [0.25, 0.3) is 0 Å². The van der Waals surface area contributed by atoms with Gasteiger partial charge in [-0.25, -0.2) is 0 Å². The number of benzene rings is 2. The van der Waals surface area contributed by atoms with E-state index < -0.39 is 0 Å². The molecule has 0 bridgehead atoms. The molecule has 132 valence electrons. The van der Waals surface area contributed by atoms with Crippen LogP contribution in [0.2, 0.25) is 0 Å². The molecule has 1 heterocycles. The van der Waals surface area contributed by atoms with E-state index in [2.05, 4.69) is 0 Å². The van der Waals surface area contributed by atoms with E-state index in [1.54, 1.807) is 11.9 Å². The van der Waals surface area contributed by atoms with Gasteiger partial charge in [-0.3, -0.25) is 4.79 Å². The van der Waals surface area contributed by atoms with Gasteiger partial charge in [-0.05, 0) is 49.2 Å². The number of carbonyl (C=O) groups excluding carboxylic acids is 1. The van der Waals surface area contributed by atoms with E-state index in [1.807, 2.05) is 56.3 Å². The van der Waals surface area contributed by atoms with Crippen LogP contribution in [-0.2, 0) is 4.79 Å². The number of rotatable bonds is 5. The van der Waals surface area contributed by atoms with Crippen LogP contribution in [0, 0.1) is 13.8 Å². The van der Waals surface area contributed by atoms with Crippen LogP contribution in [-0.4, -0.2) is 43.7 Å². The predicted molar refractivity (Wildman–Crippen MR) is 95.4 cm³/mol. The molecule has 0 spiro atoms. The van der Waals surface area contributed by atoms with E-state index in [1.165, 1.54) is 5.56 Å². The molecule has 0 radical (unpaired) electrons. The lowest BCUT2D eigenvalue weighted by Crippen LogP contribution is -2.43. The van der Waals surface area contributed by atoms with Crippen molar-refractivity contribution < 1.29 is 19.0 Å². The Kier molecular flexibility index (Phi) is 5.12. The topological polar surface area (TPSA) is 48.0 Å². The first-order valence-electron chi connectivity index (χ1n) is 8.35. The number of carbonyl (C=O) groups is 1. The third kappa shape index (κ3) is 4.24. The molecule has 5 heteroatoms. The molecule has 3 rings (SSSR count). The van der Waals surface area contributed by atoms with Gasteiger partial charge in [0.25, 0.3) is 5.91 Å². The van der Waals surface area contributed by atoms with Crippen LogP contribution < -0.4 is 14.2 Å².